The number of anilines is 9. The van der Waals surface area contributed by atoms with Crippen LogP contribution in [0.3, 0.4) is 0 Å². The maximum Gasteiger partial charge on any atom is 0.252 e. The van der Waals surface area contributed by atoms with Gasteiger partial charge in [0.2, 0.25) is 0 Å². The van der Waals surface area contributed by atoms with Crippen LogP contribution in [-0.2, 0) is 16.2 Å². The van der Waals surface area contributed by atoms with Crippen molar-refractivity contribution in [2.75, 3.05) is 14.7 Å². The van der Waals surface area contributed by atoms with Crippen molar-refractivity contribution in [3.63, 3.8) is 0 Å². The summed E-state index contributed by atoms with van der Waals surface area (Å²) in [7, 11) is 0. The Morgan fingerprint density at radius 3 is 1.39 bits per heavy atom. The minimum atomic E-state index is -0.0698. The van der Waals surface area contributed by atoms with Crippen molar-refractivity contribution in [1.29, 1.82) is 0 Å². The lowest BCUT2D eigenvalue weighted by atomic mass is 9.33. The molecule has 0 fully saturated rings. The van der Waals surface area contributed by atoms with Crippen LogP contribution in [0.5, 0.6) is 0 Å². The molecule has 0 bridgehead atoms. The van der Waals surface area contributed by atoms with Gasteiger partial charge in [0.1, 0.15) is 0 Å². The highest BCUT2D eigenvalue weighted by atomic mass is 15.2. The first-order chi connectivity index (χ1) is 34.1. The quantitative estimate of drug-likeness (QED) is 0.160. The van der Waals surface area contributed by atoms with Crippen molar-refractivity contribution in [3.05, 3.63) is 211 Å². The summed E-state index contributed by atoms with van der Waals surface area (Å²) in [6.07, 6.45) is 0. The Bertz CT molecular complexity index is 3830. The predicted molar refractivity (Wildman–Crippen MR) is 306 cm³/mol. The smallest absolute Gasteiger partial charge is 0.252 e. The van der Waals surface area contributed by atoms with E-state index in [1.807, 2.05) is 0 Å². The molecule has 0 saturated carbocycles. The monoisotopic (exact) mass is 918 g/mol. The SMILES string of the molecule is CC(C)(C)c1ccc(N2c3ccc(C(C)(C)C)cc3B3c4cc5c6cccc7c8ccccc8n(c5cc4N(c4ccc(C(C)(C)C)cc4)c4cc(N(c5ccccc5)c5ccccc5)cc2c43)c76)cc1. The molecule has 9 aromatic carbocycles. The highest BCUT2D eigenvalue weighted by Crippen LogP contribution is 2.50. The van der Waals surface area contributed by atoms with Crippen molar-refractivity contribution < 1.29 is 0 Å². The van der Waals surface area contributed by atoms with Gasteiger partial charge >= 0.3 is 0 Å². The van der Waals surface area contributed by atoms with Gasteiger partial charge in [0, 0.05) is 67.0 Å². The maximum atomic E-state index is 2.60. The van der Waals surface area contributed by atoms with Crippen molar-refractivity contribution in [1.82, 2.24) is 4.40 Å². The third kappa shape index (κ3) is 6.66. The van der Waals surface area contributed by atoms with Crippen molar-refractivity contribution in [2.24, 2.45) is 0 Å². The van der Waals surface area contributed by atoms with Crippen LogP contribution in [0.15, 0.2) is 194 Å². The van der Waals surface area contributed by atoms with E-state index in [2.05, 4.69) is 276 Å². The summed E-state index contributed by atoms with van der Waals surface area (Å²) in [5.74, 6) is 0. The van der Waals surface area contributed by atoms with Crippen LogP contribution in [-0.4, -0.2) is 11.1 Å². The molecule has 0 spiro atoms. The number of para-hydroxylation sites is 4. The minimum Gasteiger partial charge on any atom is -0.311 e. The zero-order valence-corrected chi connectivity index (χ0v) is 42.3. The summed E-state index contributed by atoms with van der Waals surface area (Å²) >= 11 is 0. The Kier molecular flexibility index (Phi) is 9.37. The minimum absolute atomic E-state index is 0.000651. The molecule has 0 aliphatic carbocycles. The summed E-state index contributed by atoms with van der Waals surface area (Å²) < 4.78 is 2.54. The second kappa shape index (κ2) is 15.4. The van der Waals surface area contributed by atoms with Crippen LogP contribution >= 0.6 is 0 Å². The zero-order valence-electron chi connectivity index (χ0n) is 42.3. The van der Waals surface area contributed by atoms with E-state index < -0.39 is 0 Å². The van der Waals surface area contributed by atoms with Crippen LogP contribution in [0, 0.1) is 0 Å². The number of rotatable bonds is 5. The van der Waals surface area contributed by atoms with Crippen LogP contribution in [0.1, 0.15) is 79.0 Å². The van der Waals surface area contributed by atoms with E-state index in [1.54, 1.807) is 0 Å². The van der Waals surface area contributed by atoms with E-state index in [-0.39, 0.29) is 23.0 Å². The lowest BCUT2D eigenvalue weighted by Gasteiger charge is -2.45. The second-order valence-corrected chi connectivity index (χ2v) is 23.1. The molecule has 4 nitrogen and oxygen atoms in total. The Labute approximate surface area is 418 Å². The first-order valence-electron chi connectivity index (χ1n) is 25.4. The molecule has 0 unspecified atom stereocenters. The maximum absolute atomic E-state index is 2.60. The number of aromatic nitrogens is 1. The molecule has 2 aliphatic heterocycles. The standard InChI is InChI=1S/C66H59BN4/c1-64(2,3)42-27-32-47(33-28-42)69-57-36-31-44(66(7,8)9)37-54(57)67-55-40-53-52-25-18-24-51-50-23-16-17-26-56(50)71(63(51)52)58(53)41-59(55)70(48-34-29-43(30-35-48)65(4,5)6)61-39-49(38-60(69)62(61)67)68(45-19-12-10-13-20-45)46-21-14-11-15-22-46/h10-41H,1-9H3. The lowest BCUT2D eigenvalue weighted by Crippen LogP contribution is -2.61. The molecule has 0 saturated heterocycles. The van der Waals surface area contributed by atoms with Gasteiger partial charge in [0.25, 0.3) is 6.71 Å². The summed E-state index contributed by atoms with van der Waals surface area (Å²) in [6, 6.07) is 73.7. The predicted octanol–water partition coefficient (Wildman–Crippen LogP) is 16.3. The van der Waals surface area contributed by atoms with Gasteiger partial charge in [-0.25, -0.2) is 0 Å². The van der Waals surface area contributed by atoms with Gasteiger partial charge in [0.05, 0.1) is 22.2 Å². The van der Waals surface area contributed by atoms with Gasteiger partial charge in [-0.05, 0) is 128 Å². The van der Waals surface area contributed by atoms with Crippen molar-refractivity contribution >= 4 is 112 Å². The van der Waals surface area contributed by atoms with Crippen molar-refractivity contribution in [2.45, 2.75) is 78.6 Å². The molecule has 4 heterocycles. The van der Waals surface area contributed by atoms with Gasteiger partial charge in [-0.2, -0.15) is 0 Å². The van der Waals surface area contributed by atoms with Crippen molar-refractivity contribution in [3.8, 4) is 0 Å². The highest BCUT2D eigenvalue weighted by molar-refractivity contribution is 7.00. The summed E-state index contributed by atoms with van der Waals surface area (Å²) in [5, 5.41) is 5.16. The summed E-state index contributed by atoms with van der Waals surface area (Å²) in [4.78, 5) is 7.60. The number of hydrogen-bond donors (Lipinski definition) is 0. The van der Waals surface area contributed by atoms with E-state index in [4.69, 9.17) is 0 Å². The molecule has 2 aromatic heterocycles. The molecular formula is C66H59BN4. The molecule has 0 amide bonds. The number of benzene rings is 9. The molecule has 2 aliphatic rings. The van der Waals surface area contributed by atoms with E-state index in [0.717, 1.165) is 28.4 Å². The molecule has 0 atom stereocenters. The third-order valence-corrected chi connectivity index (χ3v) is 15.5. The van der Waals surface area contributed by atoms with Gasteiger partial charge in [-0.15, -0.1) is 0 Å². The van der Waals surface area contributed by atoms with Gasteiger partial charge in [-0.1, -0.05) is 178 Å². The largest absolute Gasteiger partial charge is 0.311 e. The number of nitrogens with zero attached hydrogens (tertiary/aromatic N) is 4. The number of fused-ring (bicyclic) bond motifs is 10. The highest BCUT2D eigenvalue weighted by Gasteiger charge is 2.45. The topological polar surface area (TPSA) is 14.1 Å². The zero-order chi connectivity index (χ0) is 48.7. The van der Waals surface area contributed by atoms with Crippen LogP contribution in [0.4, 0.5) is 51.2 Å². The van der Waals surface area contributed by atoms with E-state index in [0.29, 0.717) is 0 Å². The van der Waals surface area contributed by atoms with Crippen LogP contribution in [0.25, 0.3) is 38.1 Å². The average Bonchev–Trinajstić information content (AvgIpc) is 3.88. The molecule has 0 radical (unpaired) electrons. The lowest BCUT2D eigenvalue weighted by molar-refractivity contribution is 0.590. The Hall–Kier alpha value is -7.76. The first kappa shape index (κ1) is 43.3. The fraction of sp³-hybridized carbons (Fsp3) is 0.182. The Balaban J connectivity index is 1.19. The molecule has 71 heavy (non-hydrogen) atoms. The van der Waals surface area contributed by atoms with E-state index in [1.165, 1.54) is 93.9 Å². The van der Waals surface area contributed by atoms with Crippen LogP contribution < -0.4 is 31.1 Å². The van der Waals surface area contributed by atoms with Gasteiger partial charge < -0.3 is 19.1 Å². The van der Waals surface area contributed by atoms with E-state index in [9.17, 15) is 0 Å². The Morgan fingerprint density at radius 2 is 0.831 bits per heavy atom. The molecule has 13 rings (SSSR count). The summed E-state index contributed by atoms with van der Waals surface area (Å²) in [6.45, 7) is 20.8. The fourth-order valence-electron chi connectivity index (χ4n) is 11.9. The average molecular weight is 919 g/mol. The Morgan fingerprint density at radius 1 is 0.352 bits per heavy atom. The third-order valence-electron chi connectivity index (χ3n) is 15.5. The normalized spacial score (nSPS) is 13.6. The summed E-state index contributed by atoms with van der Waals surface area (Å²) in [5.41, 5.74) is 21.9. The second-order valence-electron chi connectivity index (χ2n) is 23.1. The fourth-order valence-corrected chi connectivity index (χ4v) is 11.9. The van der Waals surface area contributed by atoms with Gasteiger partial charge in [0.15, 0.2) is 0 Å². The first-order valence-corrected chi connectivity index (χ1v) is 25.4. The van der Waals surface area contributed by atoms with Crippen LogP contribution in [0.2, 0.25) is 0 Å². The molecule has 346 valence electrons. The molecule has 5 heteroatoms. The molecule has 0 N–H and O–H groups in total. The van der Waals surface area contributed by atoms with E-state index >= 15 is 0 Å². The molecule has 11 aromatic rings. The molecular weight excluding hydrogens is 860 g/mol. The number of hydrogen-bond acceptors (Lipinski definition) is 3. The van der Waals surface area contributed by atoms with Gasteiger partial charge in [-0.3, -0.25) is 0 Å².